The lowest BCUT2D eigenvalue weighted by atomic mass is 10.1. The quantitative estimate of drug-likeness (QED) is 0.368. The van der Waals surface area contributed by atoms with Crippen molar-refractivity contribution >= 4 is 28.7 Å². The first kappa shape index (κ1) is 13.0. The normalized spacial score (nSPS) is 10.8. The molecule has 0 aliphatic heterocycles. The summed E-state index contributed by atoms with van der Waals surface area (Å²) >= 11 is 4.86. The highest BCUT2D eigenvalue weighted by molar-refractivity contribution is 7.80. The summed E-state index contributed by atoms with van der Waals surface area (Å²) in [6.07, 6.45) is 0. The van der Waals surface area contributed by atoms with E-state index >= 15 is 0 Å². The van der Waals surface area contributed by atoms with E-state index < -0.39 is 4.92 Å². The van der Waals surface area contributed by atoms with E-state index in [1.165, 1.54) is 12.1 Å². The van der Waals surface area contributed by atoms with Gasteiger partial charge in [-0.1, -0.05) is 0 Å². The van der Waals surface area contributed by atoms with E-state index in [0.29, 0.717) is 10.8 Å². The molecule has 1 aromatic rings. The Morgan fingerprint density at radius 3 is 2.47 bits per heavy atom. The molecule has 0 spiro atoms. The number of non-ortho nitro benzene ring substituents is 1. The third kappa shape index (κ3) is 3.80. The Morgan fingerprint density at radius 2 is 2.00 bits per heavy atom. The minimum atomic E-state index is -0.440. The number of hydrazone groups is 1. The van der Waals surface area contributed by atoms with Gasteiger partial charge in [-0.3, -0.25) is 15.5 Å². The Bertz CT molecular complexity index is 456. The van der Waals surface area contributed by atoms with Gasteiger partial charge in [-0.25, -0.2) is 0 Å². The first-order chi connectivity index (χ1) is 8.04. The van der Waals surface area contributed by atoms with Crippen LogP contribution in [0.1, 0.15) is 12.5 Å². The summed E-state index contributed by atoms with van der Waals surface area (Å²) in [6.45, 7) is 1.78. The van der Waals surface area contributed by atoms with Gasteiger partial charge in [0.05, 0.1) is 10.6 Å². The molecule has 0 bridgehead atoms. The lowest BCUT2D eigenvalue weighted by Crippen LogP contribution is -2.29. The largest absolute Gasteiger partial charge is 0.364 e. The Morgan fingerprint density at radius 1 is 1.41 bits per heavy atom. The van der Waals surface area contributed by atoms with Crippen molar-refractivity contribution in [2.75, 3.05) is 7.05 Å². The third-order valence-electron chi connectivity index (χ3n) is 2.05. The van der Waals surface area contributed by atoms with Gasteiger partial charge >= 0.3 is 0 Å². The molecule has 0 heterocycles. The highest BCUT2D eigenvalue weighted by Crippen LogP contribution is 2.12. The van der Waals surface area contributed by atoms with Crippen LogP contribution in [0.3, 0.4) is 0 Å². The molecule has 2 N–H and O–H groups in total. The van der Waals surface area contributed by atoms with Crippen LogP contribution in [-0.2, 0) is 0 Å². The fourth-order valence-corrected chi connectivity index (χ4v) is 1.13. The fraction of sp³-hybridized carbons (Fsp3) is 0.200. The summed E-state index contributed by atoms with van der Waals surface area (Å²) in [6, 6.07) is 6.15. The second-order valence-corrected chi connectivity index (χ2v) is 3.60. The van der Waals surface area contributed by atoms with Crippen LogP contribution in [0.5, 0.6) is 0 Å². The van der Waals surface area contributed by atoms with Gasteiger partial charge in [0.2, 0.25) is 0 Å². The Balaban J connectivity index is 2.79. The molecule has 7 heteroatoms. The van der Waals surface area contributed by atoms with E-state index in [2.05, 4.69) is 15.8 Å². The first-order valence-corrected chi connectivity index (χ1v) is 5.22. The predicted molar refractivity (Wildman–Crippen MR) is 70.1 cm³/mol. The number of benzene rings is 1. The molecule has 0 amide bonds. The molecule has 0 aliphatic rings. The maximum atomic E-state index is 10.5. The van der Waals surface area contributed by atoms with Gasteiger partial charge < -0.3 is 5.32 Å². The van der Waals surface area contributed by atoms with E-state index in [0.717, 1.165) is 5.56 Å². The van der Waals surface area contributed by atoms with Crippen molar-refractivity contribution in [3.63, 3.8) is 0 Å². The highest BCUT2D eigenvalue weighted by atomic mass is 32.1. The smallest absolute Gasteiger partial charge is 0.269 e. The van der Waals surface area contributed by atoms with Gasteiger partial charge in [0, 0.05) is 19.2 Å². The summed E-state index contributed by atoms with van der Waals surface area (Å²) in [4.78, 5) is 10.0. The molecule has 0 radical (unpaired) electrons. The van der Waals surface area contributed by atoms with Crippen LogP contribution >= 0.6 is 12.2 Å². The summed E-state index contributed by atoms with van der Waals surface area (Å²) < 4.78 is 0. The van der Waals surface area contributed by atoms with Crippen molar-refractivity contribution in [1.82, 2.24) is 10.7 Å². The summed E-state index contributed by atoms with van der Waals surface area (Å²) in [5, 5.41) is 17.6. The number of nitro benzene ring substituents is 1. The van der Waals surface area contributed by atoms with E-state index in [4.69, 9.17) is 12.2 Å². The van der Waals surface area contributed by atoms with Crippen molar-refractivity contribution < 1.29 is 4.92 Å². The summed E-state index contributed by atoms with van der Waals surface area (Å²) in [5.74, 6) is 0. The van der Waals surface area contributed by atoms with Gasteiger partial charge in [0.25, 0.3) is 5.69 Å². The molecule has 1 rings (SSSR count). The van der Waals surface area contributed by atoms with Gasteiger partial charge in [-0.2, -0.15) is 5.10 Å². The fourth-order valence-electron chi connectivity index (χ4n) is 1.08. The molecule has 0 saturated heterocycles. The first-order valence-electron chi connectivity index (χ1n) is 4.81. The van der Waals surface area contributed by atoms with Crippen LogP contribution in [0.15, 0.2) is 29.4 Å². The zero-order valence-electron chi connectivity index (χ0n) is 9.43. The molecule has 6 nitrogen and oxygen atoms in total. The third-order valence-corrected chi connectivity index (χ3v) is 2.34. The number of nitro groups is 1. The molecule has 1 aromatic carbocycles. The zero-order valence-corrected chi connectivity index (χ0v) is 10.2. The number of rotatable bonds is 3. The molecule has 90 valence electrons. The van der Waals surface area contributed by atoms with Crippen molar-refractivity contribution in [2.45, 2.75) is 6.92 Å². The number of nitrogens with one attached hydrogen (secondary N) is 2. The van der Waals surface area contributed by atoms with Crippen molar-refractivity contribution in [3.05, 3.63) is 39.9 Å². The van der Waals surface area contributed by atoms with E-state index in [-0.39, 0.29) is 5.69 Å². The number of hydrogen-bond acceptors (Lipinski definition) is 4. The standard InChI is InChI=1S/C10H12N4O2S/c1-7(12-13-10(17)11-2)8-3-5-9(6-4-8)14(15)16/h3-6H,1-2H3,(H2,11,13,17)/b12-7+. The molecular formula is C10H12N4O2S. The summed E-state index contributed by atoms with van der Waals surface area (Å²) in [7, 11) is 1.69. The lowest BCUT2D eigenvalue weighted by Gasteiger charge is -2.03. The lowest BCUT2D eigenvalue weighted by molar-refractivity contribution is -0.384. The van der Waals surface area contributed by atoms with Gasteiger partial charge in [-0.15, -0.1) is 0 Å². The zero-order chi connectivity index (χ0) is 12.8. The topological polar surface area (TPSA) is 79.6 Å². The Labute approximate surface area is 104 Å². The SMILES string of the molecule is CNC(=S)N/N=C(\C)c1ccc([N+](=O)[O-])cc1. The number of hydrogen-bond donors (Lipinski definition) is 2. The van der Waals surface area contributed by atoms with Crippen LogP contribution in [0.2, 0.25) is 0 Å². The van der Waals surface area contributed by atoms with Crippen molar-refractivity contribution in [1.29, 1.82) is 0 Å². The second kappa shape index (κ2) is 5.90. The number of nitrogens with zero attached hydrogens (tertiary/aromatic N) is 2. The number of thiocarbonyl (C=S) groups is 1. The van der Waals surface area contributed by atoms with Crippen molar-refractivity contribution in [2.24, 2.45) is 5.10 Å². The summed E-state index contributed by atoms with van der Waals surface area (Å²) in [5.41, 5.74) is 4.18. The van der Waals surface area contributed by atoms with Gasteiger partial charge in [0.1, 0.15) is 0 Å². The Hall–Kier alpha value is -2.02. The van der Waals surface area contributed by atoms with Gasteiger partial charge in [0.15, 0.2) is 5.11 Å². The Kier molecular flexibility index (Phi) is 4.53. The molecule has 0 saturated carbocycles. The molecule has 0 unspecified atom stereocenters. The van der Waals surface area contributed by atoms with E-state index in [1.54, 1.807) is 26.1 Å². The van der Waals surface area contributed by atoms with Crippen LogP contribution in [0.4, 0.5) is 5.69 Å². The maximum absolute atomic E-state index is 10.5. The van der Waals surface area contributed by atoms with E-state index in [1.807, 2.05) is 0 Å². The van der Waals surface area contributed by atoms with Crippen LogP contribution in [-0.4, -0.2) is 22.8 Å². The van der Waals surface area contributed by atoms with Crippen LogP contribution in [0, 0.1) is 10.1 Å². The monoisotopic (exact) mass is 252 g/mol. The molecular weight excluding hydrogens is 240 g/mol. The molecule has 0 atom stereocenters. The molecule has 0 fully saturated rings. The minimum absolute atomic E-state index is 0.0558. The minimum Gasteiger partial charge on any atom is -0.364 e. The predicted octanol–water partition coefficient (Wildman–Crippen LogP) is 1.41. The van der Waals surface area contributed by atoms with Crippen LogP contribution in [0.25, 0.3) is 0 Å². The van der Waals surface area contributed by atoms with Crippen LogP contribution < -0.4 is 10.7 Å². The second-order valence-electron chi connectivity index (χ2n) is 3.19. The molecule has 17 heavy (non-hydrogen) atoms. The average Bonchev–Trinajstić information content (AvgIpc) is 2.35. The maximum Gasteiger partial charge on any atom is 0.269 e. The van der Waals surface area contributed by atoms with Crippen molar-refractivity contribution in [3.8, 4) is 0 Å². The molecule has 0 aliphatic carbocycles. The van der Waals surface area contributed by atoms with Gasteiger partial charge in [-0.05, 0) is 36.8 Å². The molecule has 0 aromatic heterocycles. The highest BCUT2D eigenvalue weighted by Gasteiger charge is 2.05. The average molecular weight is 252 g/mol. The van der Waals surface area contributed by atoms with E-state index in [9.17, 15) is 10.1 Å².